The van der Waals surface area contributed by atoms with Crippen molar-refractivity contribution in [3.05, 3.63) is 24.3 Å². The number of benzene rings is 1. The summed E-state index contributed by atoms with van der Waals surface area (Å²) in [4.78, 5) is 11.9. The third-order valence-corrected chi connectivity index (χ3v) is 3.20. The Hall–Kier alpha value is -1.21. The number of halogens is 3. The van der Waals surface area contributed by atoms with E-state index in [1.165, 1.54) is 6.07 Å². The molecule has 0 aliphatic rings. The average Bonchev–Trinajstić information content (AvgIpc) is 2.25. The van der Waals surface area contributed by atoms with Gasteiger partial charge >= 0.3 is 6.18 Å². The van der Waals surface area contributed by atoms with Gasteiger partial charge in [0.1, 0.15) is 0 Å². The molecule has 0 bridgehead atoms. The van der Waals surface area contributed by atoms with Crippen molar-refractivity contribution in [3.63, 3.8) is 0 Å². The molecule has 1 aromatic carbocycles. The van der Waals surface area contributed by atoms with Crippen LogP contribution in [0, 0.1) is 0 Å². The summed E-state index contributed by atoms with van der Waals surface area (Å²) in [5.41, 5.74) is 5.86. The van der Waals surface area contributed by atoms with E-state index in [2.05, 4.69) is 5.32 Å². The predicted molar refractivity (Wildman–Crippen MR) is 70.1 cm³/mol. The molecule has 0 saturated heterocycles. The minimum Gasteiger partial charge on any atom is -0.327 e. The molecule has 0 fully saturated rings. The number of nitrogens with two attached hydrogens (primary N) is 1. The first kappa shape index (κ1) is 15.8. The quantitative estimate of drug-likeness (QED) is 0.820. The van der Waals surface area contributed by atoms with Gasteiger partial charge in [-0.15, -0.1) is 11.8 Å². The number of para-hydroxylation sites is 1. The van der Waals surface area contributed by atoms with Gasteiger partial charge in [0, 0.05) is 17.4 Å². The number of nitrogens with one attached hydrogen (secondary N) is 1. The lowest BCUT2D eigenvalue weighted by Crippen LogP contribution is -2.24. The van der Waals surface area contributed by atoms with Crippen molar-refractivity contribution in [3.8, 4) is 0 Å². The SMILES string of the molecule is CC(N)CC(=O)Nc1ccccc1SCC(F)(F)F. The number of carbonyl (C=O) groups is 1. The van der Waals surface area contributed by atoms with E-state index in [4.69, 9.17) is 5.73 Å². The summed E-state index contributed by atoms with van der Waals surface area (Å²) in [7, 11) is 0. The van der Waals surface area contributed by atoms with Gasteiger partial charge in [0.25, 0.3) is 0 Å². The molecule has 1 atom stereocenters. The molecular formula is C12H15F3N2OS. The maximum Gasteiger partial charge on any atom is 0.398 e. The summed E-state index contributed by atoms with van der Waals surface area (Å²) >= 11 is 0.644. The highest BCUT2D eigenvalue weighted by Crippen LogP contribution is 2.32. The van der Waals surface area contributed by atoms with Crippen LogP contribution in [0.4, 0.5) is 18.9 Å². The lowest BCUT2D eigenvalue weighted by molar-refractivity contribution is -0.116. The average molecular weight is 292 g/mol. The van der Waals surface area contributed by atoms with E-state index in [1.807, 2.05) is 0 Å². The van der Waals surface area contributed by atoms with Crippen LogP contribution in [0.25, 0.3) is 0 Å². The molecule has 1 amide bonds. The van der Waals surface area contributed by atoms with Gasteiger partial charge in [-0.3, -0.25) is 4.79 Å². The topological polar surface area (TPSA) is 55.1 Å². The molecule has 7 heteroatoms. The fraction of sp³-hybridized carbons (Fsp3) is 0.417. The van der Waals surface area contributed by atoms with Crippen LogP contribution in [-0.2, 0) is 4.79 Å². The second-order valence-electron chi connectivity index (χ2n) is 4.13. The van der Waals surface area contributed by atoms with Gasteiger partial charge in [0.2, 0.25) is 5.91 Å². The van der Waals surface area contributed by atoms with Crippen molar-refractivity contribution >= 4 is 23.4 Å². The normalized spacial score (nSPS) is 13.1. The Morgan fingerprint density at radius 1 is 1.42 bits per heavy atom. The maximum atomic E-state index is 12.2. The van der Waals surface area contributed by atoms with Gasteiger partial charge in [-0.2, -0.15) is 13.2 Å². The molecule has 0 aromatic heterocycles. The molecule has 1 aromatic rings. The molecule has 3 N–H and O–H groups in total. The van der Waals surface area contributed by atoms with E-state index in [9.17, 15) is 18.0 Å². The maximum absolute atomic E-state index is 12.2. The van der Waals surface area contributed by atoms with Crippen LogP contribution in [0.1, 0.15) is 13.3 Å². The Morgan fingerprint density at radius 3 is 2.63 bits per heavy atom. The van der Waals surface area contributed by atoms with Crippen LogP contribution in [0.15, 0.2) is 29.2 Å². The van der Waals surface area contributed by atoms with E-state index in [-0.39, 0.29) is 18.4 Å². The molecule has 0 spiro atoms. The molecule has 106 valence electrons. The van der Waals surface area contributed by atoms with Crippen LogP contribution in [0.2, 0.25) is 0 Å². The molecule has 0 aliphatic heterocycles. The van der Waals surface area contributed by atoms with Crippen molar-refractivity contribution in [2.45, 2.75) is 30.5 Å². The Balaban J connectivity index is 2.70. The lowest BCUT2D eigenvalue weighted by atomic mass is 10.2. The fourth-order valence-corrected chi connectivity index (χ4v) is 2.12. The lowest BCUT2D eigenvalue weighted by Gasteiger charge is -2.12. The minimum atomic E-state index is -4.24. The van der Waals surface area contributed by atoms with Crippen LogP contribution >= 0.6 is 11.8 Å². The van der Waals surface area contributed by atoms with E-state index in [1.54, 1.807) is 25.1 Å². The number of carbonyl (C=O) groups excluding carboxylic acids is 1. The van der Waals surface area contributed by atoms with Crippen molar-refractivity contribution in [2.75, 3.05) is 11.1 Å². The highest BCUT2D eigenvalue weighted by Gasteiger charge is 2.27. The van der Waals surface area contributed by atoms with Gasteiger partial charge in [0.15, 0.2) is 0 Å². The highest BCUT2D eigenvalue weighted by molar-refractivity contribution is 7.99. The van der Waals surface area contributed by atoms with Crippen molar-refractivity contribution in [1.82, 2.24) is 0 Å². The molecule has 19 heavy (non-hydrogen) atoms. The first-order valence-corrected chi connectivity index (χ1v) is 6.60. The third kappa shape index (κ3) is 6.49. The zero-order valence-electron chi connectivity index (χ0n) is 10.3. The van der Waals surface area contributed by atoms with Crippen LogP contribution in [0.3, 0.4) is 0 Å². The predicted octanol–water partition coefficient (Wildman–Crippen LogP) is 3.02. The smallest absolute Gasteiger partial charge is 0.327 e. The zero-order valence-corrected chi connectivity index (χ0v) is 11.1. The third-order valence-electron chi connectivity index (χ3n) is 2.06. The summed E-state index contributed by atoms with van der Waals surface area (Å²) in [6, 6.07) is 6.09. The number of hydrogen-bond donors (Lipinski definition) is 2. The molecule has 1 unspecified atom stereocenters. The first-order chi connectivity index (χ1) is 8.78. The fourth-order valence-electron chi connectivity index (χ4n) is 1.35. The van der Waals surface area contributed by atoms with Crippen LogP contribution < -0.4 is 11.1 Å². The summed E-state index contributed by atoms with van der Waals surface area (Å²) < 4.78 is 36.5. The van der Waals surface area contributed by atoms with Crippen LogP contribution in [-0.4, -0.2) is 23.9 Å². The van der Waals surface area contributed by atoms with Gasteiger partial charge in [-0.1, -0.05) is 12.1 Å². The number of amides is 1. The van der Waals surface area contributed by atoms with E-state index in [0.717, 1.165) is 0 Å². The number of rotatable bonds is 5. The summed E-state index contributed by atoms with van der Waals surface area (Å²) in [5.74, 6) is -1.30. The Kier molecular flexibility index (Phi) is 5.68. The second kappa shape index (κ2) is 6.81. The number of thioether (sulfide) groups is 1. The molecule has 0 aliphatic carbocycles. The Morgan fingerprint density at radius 2 is 2.05 bits per heavy atom. The zero-order chi connectivity index (χ0) is 14.5. The minimum absolute atomic E-state index is 0.123. The molecule has 0 radical (unpaired) electrons. The highest BCUT2D eigenvalue weighted by atomic mass is 32.2. The van der Waals surface area contributed by atoms with Gasteiger partial charge < -0.3 is 11.1 Å². The van der Waals surface area contributed by atoms with E-state index < -0.39 is 11.9 Å². The first-order valence-electron chi connectivity index (χ1n) is 5.62. The largest absolute Gasteiger partial charge is 0.398 e. The van der Waals surface area contributed by atoms with E-state index in [0.29, 0.717) is 22.3 Å². The van der Waals surface area contributed by atoms with Gasteiger partial charge in [0.05, 0.1) is 11.4 Å². The standard InChI is InChI=1S/C12H15F3N2OS/c1-8(16)6-11(18)17-9-4-2-3-5-10(9)19-7-12(13,14)15/h2-5,8H,6-7,16H2,1H3,(H,17,18). The number of anilines is 1. The molecule has 0 saturated carbocycles. The number of alkyl halides is 3. The van der Waals surface area contributed by atoms with Crippen LogP contribution in [0.5, 0.6) is 0 Å². The molecule has 3 nitrogen and oxygen atoms in total. The van der Waals surface area contributed by atoms with Gasteiger partial charge in [-0.05, 0) is 19.1 Å². The number of hydrogen-bond acceptors (Lipinski definition) is 3. The van der Waals surface area contributed by atoms with Crippen molar-refractivity contribution in [2.24, 2.45) is 5.73 Å². The summed E-state index contributed by atoms with van der Waals surface area (Å²) in [6.07, 6.45) is -4.12. The molecule has 0 heterocycles. The summed E-state index contributed by atoms with van der Waals surface area (Å²) in [5, 5.41) is 2.57. The monoisotopic (exact) mass is 292 g/mol. The van der Waals surface area contributed by atoms with Crippen molar-refractivity contribution < 1.29 is 18.0 Å². The molecular weight excluding hydrogens is 277 g/mol. The Labute approximate surface area is 113 Å². The van der Waals surface area contributed by atoms with Gasteiger partial charge in [-0.25, -0.2) is 0 Å². The molecule has 1 rings (SSSR count). The van der Waals surface area contributed by atoms with E-state index >= 15 is 0 Å². The second-order valence-corrected chi connectivity index (χ2v) is 5.15. The van der Waals surface area contributed by atoms with Crippen molar-refractivity contribution in [1.29, 1.82) is 0 Å². The summed E-state index contributed by atoms with van der Waals surface area (Å²) in [6.45, 7) is 1.68. The Bertz CT molecular complexity index is 435.